The monoisotopic (exact) mass is 368 g/mol. The predicted octanol–water partition coefficient (Wildman–Crippen LogP) is 5.41. The molecule has 3 aromatic rings. The lowest BCUT2D eigenvalue weighted by molar-refractivity contribution is 0.0697. The Morgan fingerprint density at radius 3 is 2.25 bits per heavy atom. The first-order valence-corrected chi connectivity index (χ1v) is 9.19. The number of anilines is 1. The third-order valence-electron chi connectivity index (χ3n) is 4.77. The highest BCUT2D eigenvalue weighted by Gasteiger charge is 2.30. The van der Waals surface area contributed by atoms with Crippen LogP contribution < -0.4 is 5.01 Å². The van der Waals surface area contributed by atoms with Gasteiger partial charge in [0.1, 0.15) is 0 Å². The summed E-state index contributed by atoms with van der Waals surface area (Å²) in [6.45, 7) is 0. The molecule has 1 heterocycles. The van der Waals surface area contributed by atoms with Crippen molar-refractivity contribution in [1.29, 1.82) is 0 Å². The van der Waals surface area contributed by atoms with Gasteiger partial charge >= 0.3 is 5.97 Å². The molecule has 138 valence electrons. The van der Waals surface area contributed by atoms with Crippen LogP contribution in [-0.4, -0.2) is 16.8 Å². The Hall–Kier alpha value is -3.66. The predicted molar refractivity (Wildman–Crippen MR) is 113 cm³/mol. The second kappa shape index (κ2) is 7.92. The molecule has 0 saturated heterocycles. The minimum absolute atomic E-state index is 0.0443. The minimum Gasteiger partial charge on any atom is -0.478 e. The van der Waals surface area contributed by atoms with E-state index in [1.165, 1.54) is 0 Å². The molecule has 1 aliphatic heterocycles. The van der Waals surface area contributed by atoms with E-state index in [0.29, 0.717) is 12.1 Å². The number of para-hydroxylation sites is 1. The van der Waals surface area contributed by atoms with Gasteiger partial charge in [-0.25, -0.2) is 4.79 Å². The van der Waals surface area contributed by atoms with Crippen LogP contribution in [0, 0.1) is 0 Å². The summed E-state index contributed by atoms with van der Waals surface area (Å²) in [6.07, 6.45) is 4.75. The third-order valence-corrected chi connectivity index (χ3v) is 4.77. The molecule has 3 aromatic carbocycles. The molecular formula is C24H20N2O2. The van der Waals surface area contributed by atoms with E-state index in [2.05, 4.69) is 12.1 Å². The summed E-state index contributed by atoms with van der Waals surface area (Å²) in [5, 5.41) is 16.2. The highest BCUT2D eigenvalue weighted by molar-refractivity contribution is 6.02. The Morgan fingerprint density at radius 2 is 1.54 bits per heavy atom. The molecule has 4 rings (SSSR count). The number of allylic oxidation sites excluding steroid dienone is 1. The molecule has 0 radical (unpaired) electrons. The lowest BCUT2D eigenvalue weighted by atomic mass is 10.0. The molecule has 0 unspecified atom stereocenters. The average molecular weight is 368 g/mol. The van der Waals surface area contributed by atoms with E-state index in [9.17, 15) is 9.90 Å². The molecule has 0 saturated carbocycles. The highest BCUT2D eigenvalue weighted by atomic mass is 16.4. The summed E-state index contributed by atoms with van der Waals surface area (Å²) in [5.74, 6) is -0.953. The number of carboxylic acid groups (broad SMARTS) is 1. The van der Waals surface area contributed by atoms with Crippen molar-refractivity contribution in [3.8, 4) is 0 Å². The zero-order valence-corrected chi connectivity index (χ0v) is 15.3. The maximum absolute atomic E-state index is 11.7. The summed E-state index contributed by atoms with van der Waals surface area (Å²) in [4.78, 5) is 11.7. The Labute approximate surface area is 164 Å². The Bertz CT molecular complexity index is 1030. The topological polar surface area (TPSA) is 52.9 Å². The third kappa shape index (κ3) is 3.71. The number of rotatable bonds is 5. The summed E-state index contributed by atoms with van der Waals surface area (Å²) < 4.78 is 0. The number of benzene rings is 3. The molecule has 0 bridgehead atoms. The van der Waals surface area contributed by atoms with E-state index >= 15 is 0 Å². The quantitative estimate of drug-likeness (QED) is 0.655. The normalized spacial score (nSPS) is 16.4. The molecule has 0 fully saturated rings. The van der Waals surface area contributed by atoms with Gasteiger partial charge in [-0.15, -0.1) is 0 Å². The van der Waals surface area contributed by atoms with Crippen molar-refractivity contribution in [2.75, 3.05) is 5.01 Å². The van der Waals surface area contributed by atoms with Crippen molar-refractivity contribution >= 4 is 23.4 Å². The minimum atomic E-state index is -0.953. The zero-order valence-electron chi connectivity index (χ0n) is 15.3. The van der Waals surface area contributed by atoms with Crippen LogP contribution in [0.1, 0.15) is 33.9 Å². The molecule has 0 spiro atoms. The molecule has 0 aromatic heterocycles. The van der Waals surface area contributed by atoms with Gasteiger partial charge in [-0.1, -0.05) is 78.9 Å². The number of hydrogen-bond acceptors (Lipinski definition) is 3. The van der Waals surface area contributed by atoms with Crippen molar-refractivity contribution < 1.29 is 9.90 Å². The Morgan fingerprint density at radius 1 is 0.893 bits per heavy atom. The number of carbonyl (C=O) groups is 1. The summed E-state index contributed by atoms with van der Waals surface area (Å²) in [5.41, 5.74) is 3.98. The number of nitrogens with zero attached hydrogens (tertiary/aromatic N) is 2. The van der Waals surface area contributed by atoms with Gasteiger partial charge in [0.15, 0.2) is 0 Å². The van der Waals surface area contributed by atoms with Crippen LogP contribution in [0.2, 0.25) is 0 Å². The number of hydrogen-bond donors (Lipinski definition) is 1. The highest BCUT2D eigenvalue weighted by Crippen LogP contribution is 2.37. The number of aromatic carboxylic acids is 1. The Balaban J connectivity index is 1.72. The second-order valence-electron chi connectivity index (χ2n) is 6.63. The van der Waals surface area contributed by atoms with Gasteiger partial charge in [0, 0.05) is 6.42 Å². The van der Waals surface area contributed by atoms with Crippen LogP contribution in [0.3, 0.4) is 0 Å². The lowest BCUT2D eigenvalue weighted by Crippen LogP contribution is -2.20. The van der Waals surface area contributed by atoms with E-state index in [0.717, 1.165) is 16.8 Å². The zero-order chi connectivity index (χ0) is 19.3. The largest absolute Gasteiger partial charge is 0.478 e. The molecule has 1 N–H and O–H groups in total. The van der Waals surface area contributed by atoms with Gasteiger partial charge in [-0.05, 0) is 29.3 Å². The average Bonchev–Trinajstić information content (AvgIpc) is 3.18. The van der Waals surface area contributed by atoms with E-state index in [-0.39, 0.29) is 11.6 Å². The number of hydrazone groups is 1. The van der Waals surface area contributed by atoms with E-state index < -0.39 is 5.97 Å². The fourth-order valence-corrected chi connectivity index (χ4v) is 3.40. The van der Waals surface area contributed by atoms with Crippen molar-refractivity contribution in [1.82, 2.24) is 0 Å². The van der Waals surface area contributed by atoms with Gasteiger partial charge in [0.2, 0.25) is 0 Å². The fourth-order valence-electron chi connectivity index (χ4n) is 3.40. The first kappa shape index (κ1) is 17.7. The first-order valence-electron chi connectivity index (χ1n) is 9.19. The number of carboxylic acids is 1. The fraction of sp³-hybridized carbons (Fsp3) is 0.0833. The first-order chi connectivity index (χ1) is 13.7. The van der Waals surface area contributed by atoms with Crippen LogP contribution in [0.5, 0.6) is 0 Å². The van der Waals surface area contributed by atoms with Crippen LogP contribution in [0.25, 0.3) is 6.08 Å². The van der Waals surface area contributed by atoms with Crippen LogP contribution in [-0.2, 0) is 0 Å². The Kier molecular flexibility index (Phi) is 5.02. The smallest absolute Gasteiger partial charge is 0.337 e. The van der Waals surface area contributed by atoms with E-state index in [4.69, 9.17) is 5.10 Å². The maximum Gasteiger partial charge on any atom is 0.337 e. The molecule has 28 heavy (non-hydrogen) atoms. The summed E-state index contributed by atoms with van der Waals surface area (Å²) in [7, 11) is 0. The molecular weight excluding hydrogens is 348 g/mol. The van der Waals surface area contributed by atoms with Crippen LogP contribution in [0.4, 0.5) is 5.69 Å². The molecule has 1 aliphatic rings. The molecule has 4 nitrogen and oxygen atoms in total. The van der Waals surface area contributed by atoms with Gasteiger partial charge in [-0.2, -0.15) is 5.10 Å². The molecule has 0 amide bonds. The van der Waals surface area contributed by atoms with Gasteiger partial charge in [0.25, 0.3) is 0 Å². The lowest BCUT2D eigenvalue weighted by Gasteiger charge is -2.25. The van der Waals surface area contributed by atoms with Crippen molar-refractivity contribution in [3.05, 3.63) is 108 Å². The van der Waals surface area contributed by atoms with Crippen molar-refractivity contribution in [2.45, 2.75) is 12.5 Å². The van der Waals surface area contributed by atoms with Crippen LogP contribution in [0.15, 0.2) is 96.1 Å². The maximum atomic E-state index is 11.7. The second-order valence-corrected chi connectivity index (χ2v) is 6.63. The molecule has 0 aliphatic carbocycles. The van der Waals surface area contributed by atoms with E-state index in [1.807, 2.05) is 77.8 Å². The van der Waals surface area contributed by atoms with E-state index in [1.54, 1.807) is 12.1 Å². The standard InChI is InChI=1S/C24H20N2O2/c27-24(28)21-13-7-8-14-22(21)26-23(19-11-5-2-6-12-19)17-20(25-26)16-15-18-9-3-1-4-10-18/h1-16,23H,17H2,(H,27,28)/b16-15+/t23-/m0/s1. The summed E-state index contributed by atoms with van der Waals surface area (Å²) in [6, 6.07) is 27.1. The van der Waals surface area contributed by atoms with Gasteiger partial charge < -0.3 is 5.11 Å². The van der Waals surface area contributed by atoms with Crippen molar-refractivity contribution in [3.63, 3.8) is 0 Å². The SMILES string of the molecule is O=C(O)c1ccccc1N1N=C(/C=C/c2ccccc2)C[C@H]1c1ccccc1. The van der Waals surface area contributed by atoms with Gasteiger partial charge in [0.05, 0.1) is 23.0 Å². The van der Waals surface area contributed by atoms with Crippen LogP contribution >= 0.6 is 0 Å². The molecule has 1 atom stereocenters. The van der Waals surface area contributed by atoms with Crippen molar-refractivity contribution in [2.24, 2.45) is 5.10 Å². The van der Waals surface area contributed by atoms with Gasteiger partial charge in [-0.3, -0.25) is 5.01 Å². The molecule has 4 heteroatoms. The summed E-state index contributed by atoms with van der Waals surface area (Å²) >= 11 is 0.